The number of hydrogen-bond donors (Lipinski definition) is 2. The fourth-order valence-corrected chi connectivity index (χ4v) is 2.61. The normalized spacial score (nSPS) is 10.1. The van der Waals surface area contributed by atoms with E-state index < -0.39 is 0 Å². The van der Waals surface area contributed by atoms with Crippen molar-refractivity contribution >= 4 is 33.4 Å². The van der Waals surface area contributed by atoms with Gasteiger partial charge >= 0.3 is 0 Å². The van der Waals surface area contributed by atoms with Crippen LogP contribution < -0.4 is 20.1 Å². The minimum atomic E-state index is -0.167. The third-order valence-electron chi connectivity index (χ3n) is 3.49. The van der Waals surface area contributed by atoms with Gasteiger partial charge in [-0.1, -0.05) is 22.0 Å². The van der Waals surface area contributed by atoms with Crippen LogP contribution in [0, 0.1) is 0 Å². The molecule has 0 radical (unpaired) electrons. The highest BCUT2D eigenvalue weighted by Gasteiger charge is 2.05. The molecule has 2 aromatic rings. The fraction of sp³-hybridized carbons (Fsp3) is 0.300. The van der Waals surface area contributed by atoms with E-state index in [1.807, 2.05) is 31.2 Å². The lowest BCUT2D eigenvalue weighted by Gasteiger charge is -2.09. The number of amides is 2. The van der Waals surface area contributed by atoms with E-state index >= 15 is 0 Å². The topological polar surface area (TPSA) is 76.7 Å². The van der Waals surface area contributed by atoms with Crippen LogP contribution in [0.3, 0.4) is 0 Å². The van der Waals surface area contributed by atoms with Gasteiger partial charge in [-0.2, -0.15) is 0 Å². The molecule has 0 atom stereocenters. The van der Waals surface area contributed by atoms with E-state index in [0.29, 0.717) is 37.4 Å². The molecule has 2 rings (SSSR count). The number of rotatable bonds is 10. The second-order valence-electron chi connectivity index (χ2n) is 5.72. The second-order valence-corrected chi connectivity index (χ2v) is 6.64. The number of likely N-dealkylation sites (N-methyl/N-ethyl adjacent to an activating group) is 1. The highest BCUT2D eigenvalue weighted by Crippen LogP contribution is 2.18. The molecule has 0 aliphatic rings. The van der Waals surface area contributed by atoms with Gasteiger partial charge in [0, 0.05) is 23.1 Å². The Morgan fingerprint density at radius 2 is 1.78 bits per heavy atom. The number of carbonyl (C=O) groups is 2. The van der Waals surface area contributed by atoms with Gasteiger partial charge in [0.1, 0.15) is 11.5 Å². The van der Waals surface area contributed by atoms with E-state index in [0.717, 1.165) is 10.2 Å². The van der Waals surface area contributed by atoms with Gasteiger partial charge in [-0.25, -0.2) is 0 Å². The molecule has 0 heterocycles. The van der Waals surface area contributed by atoms with E-state index in [4.69, 9.17) is 9.47 Å². The molecule has 0 aliphatic heterocycles. The summed E-state index contributed by atoms with van der Waals surface area (Å²) in [6.07, 6.45) is 0.982. The Kier molecular flexibility index (Phi) is 8.64. The second kappa shape index (κ2) is 11.2. The van der Waals surface area contributed by atoms with Crippen LogP contribution in [0.5, 0.6) is 11.5 Å². The molecular weight excluding hydrogens is 412 g/mol. The number of carbonyl (C=O) groups excluding carboxylic acids is 2. The quantitative estimate of drug-likeness (QED) is 0.558. The summed E-state index contributed by atoms with van der Waals surface area (Å²) in [6.45, 7) is 2.86. The first-order valence-electron chi connectivity index (χ1n) is 8.74. The molecule has 2 N–H and O–H groups in total. The summed E-state index contributed by atoms with van der Waals surface area (Å²) in [4.78, 5) is 23.3. The molecule has 144 valence electrons. The van der Waals surface area contributed by atoms with Crippen LogP contribution in [0.1, 0.15) is 19.8 Å². The van der Waals surface area contributed by atoms with Crippen LogP contribution in [0.2, 0.25) is 0 Å². The van der Waals surface area contributed by atoms with Crippen LogP contribution in [0.15, 0.2) is 53.0 Å². The molecule has 0 spiro atoms. The summed E-state index contributed by atoms with van der Waals surface area (Å²) in [5, 5.41) is 5.48. The highest BCUT2D eigenvalue weighted by atomic mass is 79.9. The molecule has 7 heteroatoms. The van der Waals surface area contributed by atoms with Gasteiger partial charge in [0.25, 0.3) is 5.91 Å². The fourth-order valence-electron chi connectivity index (χ4n) is 2.23. The molecular formula is C20H23BrN2O4. The number of benzene rings is 2. The molecule has 0 aliphatic carbocycles. The third-order valence-corrected chi connectivity index (χ3v) is 3.99. The van der Waals surface area contributed by atoms with Gasteiger partial charge < -0.3 is 20.1 Å². The lowest BCUT2D eigenvalue weighted by Crippen LogP contribution is -2.28. The van der Waals surface area contributed by atoms with E-state index in [9.17, 15) is 9.59 Å². The Morgan fingerprint density at radius 3 is 2.48 bits per heavy atom. The Bertz CT molecular complexity index is 750. The Balaban J connectivity index is 1.67. The van der Waals surface area contributed by atoms with Crippen molar-refractivity contribution in [2.45, 2.75) is 19.8 Å². The van der Waals surface area contributed by atoms with Gasteiger partial charge in [0.2, 0.25) is 5.91 Å². The monoisotopic (exact) mass is 434 g/mol. The minimum Gasteiger partial charge on any atom is -0.494 e. The Hall–Kier alpha value is -2.54. The zero-order valence-corrected chi connectivity index (χ0v) is 16.8. The van der Waals surface area contributed by atoms with Crippen molar-refractivity contribution < 1.29 is 19.1 Å². The lowest BCUT2D eigenvalue weighted by molar-refractivity contribution is -0.123. The van der Waals surface area contributed by atoms with E-state index in [-0.39, 0.29) is 18.4 Å². The van der Waals surface area contributed by atoms with Crippen LogP contribution in [-0.2, 0) is 9.59 Å². The molecule has 0 bridgehead atoms. The first kappa shape index (κ1) is 20.8. The molecule has 0 aromatic heterocycles. The van der Waals surface area contributed by atoms with Crippen molar-refractivity contribution in [3.8, 4) is 11.5 Å². The summed E-state index contributed by atoms with van der Waals surface area (Å²) >= 11 is 3.39. The lowest BCUT2D eigenvalue weighted by atomic mass is 10.2. The number of anilines is 1. The number of ether oxygens (including phenoxy) is 2. The Morgan fingerprint density at radius 1 is 1.00 bits per heavy atom. The van der Waals surface area contributed by atoms with Gasteiger partial charge in [-0.3, -0.25) is 9.59 Å². The van der Waals surface area contributed by atoms with Crippen molar-refractivity contribution in [3.05, 3.63) is 53.0 Å². The van der Waals surface area contributed by atoms with Crippen molar-refractivity contribution in [2.75, 3.05) is 25.1 Å². The van der Waals surface area contributed by atoms with Crippen LogP contribution in [-0.4, -0.2) is 31.6 Å². The zero-order chi connectivity index (χ0) is 19.5. The highest BCUT2D eigenvalue weighted by molar-refractivity contribution is 9.10. The third kappa shape index (κ3) is 8.13. The summed E-state index contributed by atoms with van der Waals surface area (Å²) in [5.74, 6) is 1.10. The van der Waals surface area contributed by atoms with Gasteiger partial charge in [-0.05, 0) is 55.8 Å². The molecule has 0 fully saturated rings. The predicted octanol–water partition coefficient (Wildman–Crippen LogP) is 3.76. The summed E-state index contributed by atoms with van der Waals surface area (Å²) < 4.78 is 11.9. The molecule has 27 heavy (non-hydrogen) atoms. The molecule has 0 saturated carbocycles. The molecule has 2 amide bonds. The standard InChI is InChI=1S/C20H23BrN2O4/c1-2-22-20(25)14-27-17-10-8-16(9-11-17)23-19(24)7-4-12-26-18-6-3-5-15(21)13-18/h3,5-6,8-11,13H,2,4,7,12,14H2,1H3,(H,22,25)(H,23,24). The molecule has 0 saturated heterocycles. The molecule has 6 nitrogen and oxygen atoms in total. The minimum absolute atomic E-state index is 0.0302. The number of nitrogens with one attached hydrogen (secondary N) is 2. The van der Waals surface area contributed by atoms with E-state index in [2.05, 4.69) is 26.6 Å². The average Bonchev–Trinajstić information content (AvgIpc) is 2.65. The van der Waals surface area contributed by atoms with Crippen molar-refractivity contribution in [1.82, 2.24) is 5.32 Å². The first-order chi connectivity index (χ1) is 13.1. The zero-order valence-electron chi connectivity index (χ0n) is 15.2. The van der Waals surface area contributed by atoms with Gasteiger partial charge in [0.15, 0.2) is 6.61 Å². The first-order valence-corrected chi connectivity index (χ1v) is 9.54. The van der Waals surface area contributed by atoms with Crippen molar-refractivity contribution in [3.63, 3.8) is 0 Å². The van der Waals surface area contributed by atoms with Crippen molar-refractivity contribution in [2.24, 2.45) is 0 Å². The molecule has 0 unspecified atom stereocenters. The average molecular weight is 435 g/mol. The van der Waals surface area contributed by atoms with E-state index in [1.54, 1.807) is 24.3 Å². The SMILES string of the molecule is CCNC(=O)COc1ccc(NC(=O)CCCOc2cccc(Br)c2)cc1. The predicted molar refractivity (Wildman–Crippen MR) is 108 cm³/mol. The van der Waals surface area contributed by atoms with Crippen LogP contribution in [0.4, 0.5) is 5.69 Å². The Labute approximate surface area is 167 Å². The maximum atomic E-state index is 12.0. The maximum absolute atomic E-state index is 12.0. The largest absolute Gasteiger partial charge is 0.494 e. The van der Waals surface area contributed by atoms with Crippen LogP contribution >= 0.6 is 15.9 Å². The van der Waals surface area contributed by atoms with Crippen molar-refractivity contribution in [1.29, 1.82) is 0 Å². The number of halogens is 1. The van der Waals surface area contributed by atoms with Crippen LogP contribution in [0.25, 0.3) is 0 Å². The van der Waals surface area contributed by atoms with Gasteiger partial charge in [-0.15, -0.1) is 0 Å². The number of hydrogen-bond acceptors (Lipinski definition) is 4. The van der Waals surface area contributed by atoms with Gasteiger partial charge in [0.05, 0.1) is 6.61 Å². The summed E-state index contributed by atoms with van der Waals surface area (Å²) in [5.41, 5.74) is 0.679. The summed E-state index contributed by atoms with van der Waals surface area (Å²) in [7, 11) is 0. The summed E-state index contributed by atoms with van der Waals surface area (Å²) in [6, 6.07) is 14.5. The maximum Gasteiger partial charge on any atom is 0.257 e. The van der Waals surface area contributed by atoms with E-state index in [1.165, 1.54) is 0 Å². The smallest absolute Gasteiger partial charge is 0.257 e. The molecule has 2 aromatic carbocycles.